The Kier molecular flexibility index (Phi) is 9.88. The molecule has 256 valence electrons. The predicted molar refractivity (Wildman–Crippen MR) is 199 cm³/mol. The second-order valence-corrected chi connectivity index (χ2v) is 11.7. The summed E-state index contributed by atoms with van der Waals surface area (Å²) in [5.74, 6) is 0.468. The topological polar surface area (TPSA) is 116 Å². The van der Waals surface area contributed by atoms with Gasteiger partial charge in [0.15, 0.2) is 22.9 Å². The Hall–Kier alpha value is -6.94. The summed E-state index contributed by atoms with van der Waals surface area (Å²) < 4.78 is 13.6. The van der Waals surface area contributed by atoms with Crippen LogP contribution in [0.5, 0.6) is 0 Å². The number of fused-ring (bicyclic) bond motifs is 2. The summed E-state index contributed by atoms with van der Waals surface area (Å²) in [6.07, 6.45) is 3.39. The highest BCUT2D eigenvalue weighted by Crippen LogP contribution is 2.26. The van der Waals surface area contributed by atoms with Crippen molar-refractivity contribution in [3.63, 3.8) is 0 Å². The summed E-state index contributed by atoms with van der Waals surface area (Å²) in [5, 5.41) is 12.3. The van der Waals surface area contributed by atoms with E-state index in [0.29, 0.717) is 41.9 Å². The molecule has 52 heavy (non-hydrogen) atoms. The molecule has 0 atom stereocenters. The molecule has 4 heterocycles. The van der Waals surface area contributed by atoms with Gasteiger partial charge < -0.3 is 9.47 Å². The lowest BCUT2D eigenvalue weighted by molar-refractivity contribution is -0.648. The molecule has 0 spiro atoms. The van der Waals surface area contributed by atoms with Gasteiger partial charge in [-0.05, 0) is 82.8 Å². The fourth-order valence-corrected chi connectivity index (χ4v) is 5.83. The highest BCUT2D eigenvalue weighted by Gasteiger charge is 2.23. The fraction of sp³-hybridized carbons (Fsp3) is 0.0952. The number of carbonyl (C=O) groups is 2. The minimum absolute atomic E-state index is 0.303. The van der Waals surface area contributed by atoms with E-state index in [-0.39, 0.29) is 5.97 Å². The van der Waals surface area contributed by atoms with Crippen LogP contribution in [0, 0.1) is 0 Å². The standard InChI is InChI=1S/2C21H17N3O2/c1-2-26-21(25)18-14-19(24(23-18)20-9-5-6-12-22-20)17-11-10-15-7-3-4-8-16(15)13-17;1-2-26-21(25)19-14-18(23-24(19)20-9-5-6-12-22-20)17-11-10-15-7-3-4-8-16(15)13-17/h2*3-14H,2H2,1H3/p+1. The van der Waals surface area contributed by atoms with Gasteiger partial charge in [0, 0.05) is 29.5 Å². The van der Waals surface area contributed by atoms with Gasteiger partial charge in [-0.2, -0.15) is 5.10 Å². The van der Waals surface area contributed by atoms with E-state index in [4.69, 9.17) is 9.47 Å². The number of benzene rings is 4. The van der Waals surface area contributed by atoms with Gasteiger partial charge in [-0.1, -0.05) is 78.9 Å². The van der Waals surface area contributed by atoms with Crippen LogP contribution in [0.25, 0.3) is 55.7 Å². The molecule has 10 heteroatoms. The zero-order valence-corrected chi connectivity index (χ0v) is 28.6. The summed E-state index contributed by atoms with van der Waals surface area (Å²) in [6, 6.07) is 43.3. The maximum atomic E-state index is 12.4. The Bertz CT molecular complexity index is 2490. The summed E-state index contributed by atoms with van der Waals surface area (Å²) >= 11 is 0. The average molecular weight is 688 g/mol. The molecule has 0 saturated carbocycles. The van der Waals surface area contributed by atoms with E-state index in [9.17, 15) is 9.59 Å². The second kappa shape index (κ2) is 15.3. The molecular formula is C42H35N6O4+. The molecule has 0 unspecified atom stereocenters. The van der Waals surface area contributed by atoms with Crippen LogP contribution in [-0.4, -0.2) is 50.0 Å². The van der Waals surface area contributed by atoms with Crippen LogP contribution in [0.15, 0.2) is 146 Å². The average Bonchev–Trinajstić information content (AvgIpc) is 3.85. The Labute approximate surface area is 299 Å². The smallest absolute Gasteiger partial charge is 0.358 e. The van der Waals surface area contributed by atoms with E-state index >= 15 is 0 Å². The first-order chi connectivity index (χ1) is 25.5. The van der Waals surface area contributed by atoms with Crippen molar-refractivity contribution < 1.29 is 23.7 Å². The number of hydrogen-bond acceptors (Lipinski definition) is 7. The number of H-pyrrole nitrogens is 1. The third-order valence-corrected chi connectivity index (χ3v) is 8.28. The van der Waals surface area contributed by atoms with E-state index in [1.807, 2.05) is 66.7 Å². The number of carbonyl (C=O) groups excluding carboxylic acids is 2. The third kappa shape index (κ3) is 7.17. The lowest BCUT2D eigenvalue weighted by Gasteiger charge is -2.05. The zero-order chi connectivity index (χ0) is 35.9. The summed E-state index contributed by atoms with van der Waals surface area (Å²) in [6.45, 7) is 4.20. The molecule has 8 aromatic rings. The number of aromatic nitrogens is 6. The first kappa shape index (κ1) is 33.6. The number of pyridine rings is 2. The molecule has 0 fully saturated rings. The number of hydrogen-bond donors (Lipinski definition) is 1. The molecular weight excluding hydrogens is 652 g/mol. The summed E-state index contributed by atoms with van der Waals surface area (Å²) in [7, 11) is 0. The van der Waals surface area contributed by atoms with Crippen molar-refractivity contribution in [2.24, 2.45) is 0 Å². The summed E-state index contributed by atoms with van der Waals surface area (Å²) in [4.78, 5) is 33.3. The maximum Gasteiger partial charge on any atom is 0.358 e. The molecule has 4 aromatic carbocycles. The van der Waals surface area contributed by atoms with Crippen molar-refractivity contribution in [3.05, 3.63) is 157 Å². The number of esters is 2. The van der Waals surface area contributed by atoms with E-state index in [1.165, 1.54) is 10.1 Å². The van der Waals surface area contributed by atoms with Crippen LogP contribution in [0.1, 0.15) is 34.8 Å². The van der Waals surface area contributed by atoms with Crippen LogP contribution in [0.2, 0.25) is 0 Å². The normalized spacial score (nSPS) is 10.8. The number of rotatable bonds is 8. The van der Waals surface area contributed by atoms with Crippen LogP contribution in [0.4, 0.5) is 0 Å². The SMILES string of the molecule is CCOC(=O)c1cc(-c2ccc3ccccc3c2)[n+](-c2ccccn2)[nH]1.CCOC(=O)c1cc(-c2ccc3ccccc3c2)nn1-c1ccccn1. The van der Waals surface area contributed by atoms with Gasteiger partial charge >= 0.3 is 17.8 Å². The second-order valence-electron chi connectivity index (χ2n) is 11.7. The highest BCUT2D eigenvalue weighted by molar-refractivity contribution is 5.92. The number of nitrogens with zero attached hydrogens (tertiary/aromatic N) is 5. The molecule has 0 amide bonds. The van der Waals surface area contributed by atoms with E-state index < -0.39 is 5.97 Å². The third-order valence-electron chi connectivity index (χ3n) is 8.28. The molecule has 4 aromatic heterocycles. The van der Waals surface area contributed by atoms with Gasteiger partial charge in [0.25, 0.3) is 0 Å². The van der Waals surface area contributed by atoms with Crippen molar-refractivity contribution >= 4 is 33.5 Å². The van der Waals surface area contributed by atoms with Gasteiger partial charge in [0.2, 0.25) is 0 Å². The predicted octanol–water partition coefficient (Wildman–Crippen LogP) is 7.95. The van der Waals surface area contributed by atoms with Gasteiger partial charge in [-0.15, -0.1) is 4.68 Å². The number of aromatic amines is 1. The highest BCUT2D eigenvalue weighted by atomic mass is 16.5. The lowest BCUT2D eigenvalue weighted by atomic mass is 10.0. The number of ether oxygens (including phenoxy) is 2. The van der Waals surface area contributed by atoms with Gasteiger partial charge in [0.1, 0.15) is 6.20 Å². The Morgan fingerprint density at radius 2 is 1.23 bits per heavy atom. The van der Waals surface area contributed by atoms with E-state index in [0.717, 1.165) is 33.0 Å². The molecule has 0 aliphatic heterocycles. The van der Waals surface area contributed by atoms with Crippen LogP contribution in [0.3, 0.4) is 0 Å². The van der Waals surface area contributed by atoms with Gasteiger partial charge in [-0.3, -0.25) is 0 Å². The Balaban J connectivity index is 0.000000162. The molecule has 10 nitrogen and oxygen atoms in total. The van der Waals surface area contributed by atoms with Crippen molar-refractivity contribution in [3.8, 4) is 34.2 Å². The lowest BCUT2D eigenvalue weighted by Crippen LogP contribution is -2.36. The zero-order valence-electron chi connectivity index (χ0n) is 28.6. The maximum absolute atomic E-state index is 12.4. The van der Waals surface area contributed by atoms with Gasteiger partial charge in [-0.25, -0.2) is 24.4 Å². The largest absolute Gasteiger partial charge is 0.461 e. The first-order valence-corrected chi connectivity index (χ1v) is 16.9. The van der Waals surface area contributed by atoms with Crippen LogP contribution in [-0.2, 0) is 9.47 Å². The quantitative estimate of drug-likeness (QED) is 0.127. The van der Waals surface area contributed by atoms with E-state index in [2.05, 4.69) is 68.7 Å². The number of nitrogens with one attached hydrogen (secondary N) is 1. The minimum atomic E-state index is -0.419. The monoisotopic (exact) mass is 687 g/mol. The van der Waals surface area contributed by atoms with Crippen molar-refractivity contribution in [1.29, 1.82) is 0 Å². The van der Waals surface area contributed by atoms with Crippen LogP contribution >= 0.6 is 0 Å². The van der Waals surface area contributed by atoms with Crippen molar-refractivity contribution in [1.82, 2.24) is 24.8 Å². The Morgan fingerprint density at radius 1 is 0.635 bits per heavy atom. The molecule has 8 rings (SSSR count). The van der Waals surface area contributed by atoms with Gasteiger partial charge in [0.05, 0.1) is 18.9 Å². The minimum Gasteiger partial charge on any atom is -0.461 e. The summed E-state index contributed by atoms with van der Waals surface area (Å²) in [5.41, 5.74) is 4.21. The van der Waals surface area contributed by atoms with Crippen molar-refractivity contribution in [2.45, 2.75) is 13.8 Å². The van der Waals surface area contributed by atoms with E-state index in [1.54, 1.807) is 49.1 Å². The first-order valence-electron chi connectivity index (χ1n) is 16.9. The van der Waals surface area contributed by atoms with Crippen LogP contribution < -0.4 is 4.68 Å². The molecule has 1 N–H and O–H groups in total. The molecule has 0 radical (unpaired) electrons. The Morgan fingerprint density at radius 3 is 1.87 bits per heavy atom. The fourth-order valence-electron chi connectivity index (χ4n) is 5.83. The van der Waals surface area contributed by atoms with Crippen molar-refractivity contribution in [2.75, 3.05) is 13.2 Å². The molecule has 0 aliphatic carbocycles. The molecule has 0 aliphatic rings. The molecule has 0 saturated heterocycles. The molecule has 0 bridgehead atoms.